The lowest BCUT2D eigenvalue weighted by Crippen LogP contribution is -2.30. The highest BCUT2D eigenvalue weighted by Gasteiger charge is 2.15. The molecule has 0 aliphatic carbocycles. The van der Waals surface area contributed by atoms with Gasteiger partial charge in [-0.2, -0.15) is 0 Å². The molecule has 2 aromatic rings. The van der Waals surface area contributed by atoms with Gasteiger partial charge in [-0.15, -0.1) is 0 Å². The molecule has 0 saturated heterocycles. The monoisotopic (exact) mass is 339 g/mol. The molecular formula is C14H15BrFN3O. The van der Waals surface area contributed by atoms with Crippen molar-refractivity contribution >= 4 is 15.9 Å². The molecule has 3 N–H and O–H groups in total. The molecule has 106 valence electrons. The molecule has 0 amide bonds. The van der Waals surface area contributed by atoms with Crippen LogP contribution in [-0.2, 0) is 6.42 Å². The Kier molecular flexibility index (Phi) is 5.05. The highest BCUT2D eigenvalue weighted by Crippen LogP contribution is 2.27. The number of pyridine rings is 1. The fourth-order valence-electron chi connectivity index (χ4n) is 1.97. The van der Waals surface area contributed by atoms with Crippen molar-refractivity contribution < 1.29 is 9.13 Å². The van der Waals surface area contributed by atoms with E-state index < -0.39 is 0 Å². The average Bonchev–Trinajstić information content (AvgIpc) is 2.46. The van der Waals surface area contributed by atoms with E-state index in [0.717, 1.165) is 15.8 Å². The van der Waals surface area contributed by atoms with Gasteiger partial charge in [-0.3, -0.25) is 16.3 Å². The Bertz CT molecular complexity index is 577. The van der Waals surface area contributed by atoms with Crippen molar-refractivity contribution in [2.24, 2.45) is 5.84 Å². The second-order valence-corrected chi connectivity index (χ2v) is 5.20. The third kappa shape index (κ3) is 3.53. The molecule has 0 aliphatic rings. The van der Waals surface area contributed by atoms with E-state index >= 15 is 0 Å². The van der Waals surface area contributed by atoms with E-state index in [-0.39, 0.29) is 11.9 Å². The molecule has 1 aromatic carbocycles. The number of aromatic nitrogens is 1. The lowest BCUT2D eigenvalue weighted by molar-refractivity contribution is 0.405. The molecule has 6 heteroatoms. The Morgan fingerprint density at radius 1 is 1.40 bits per heavy atom. The summed E-state index contributed by atoms with van der Waals surface area (Å²) < 4.78 is 19.2. The third-order valence-corrected chi connectivity index (χ3v) is 3.47. The first kappa shape index (κ1) is 14.9. The predicted molar refractivity (Wildman–Crippen MR) is 78.7 cm³/mol. The fourth-order valence-corrected chi connectivity index (χ4v) is 2.38. The number of hydrazine groups is 1. The Labute approximate surface area is 125 Å². The van der Waals surface area contributed by atoms with Gasteiger partial charge in [0.15, 0.2) is 0 Å². The molecule has 1 aromatic heterocycles. The summed E-state index contributed by atoms with van der Waals surface area (Å²) in [6.07, 6.45) is 1.76. The molecule has 1 heterocycles. The zero-order valence-electron chi connectivity index (χ0n) is 10.9. The van der Waals surface area contributed by atoms with Crippen LogP contribution >= 0.6 is 15.9 Å². The topological polar surface area (TPSA) is 60.2 Å². The normalized spacial score (nSPS) is 12.2. The van der Waals surface area contributed by atoms with Crippen molar-refractivity contribution in [3.63, 3.8) is 0 Å². The van der Waals surface area contributed by atoms with Crippen LogP contribution in [0.3, 0.4) is 0 Å². The molecule has 1 atom stereocenters. The van der Waals surface area contributed by atoms with Crippen LogP contribution in [0.15, 0.2) is 41.0 Å². The summed E-state index contributed by atoms with van der Waals surface area (Å²) >= 11 is 3.43. The van der Waals surface area contributed by atoms with Crippen molar-refractivity contribution in [3.05, 3.63) is 58.1 Å². The lowest BCUT2D eigenvalue weighted by Gasteiger charge is -2.17. The Balaban J connectivity index is 2.26. The minimum Gasteiger partial charge on any atom is -0.496 e. The number of ether oxygens (including phenoxy) is 1. The number of hydrogen-bond donors (Lipinski definition) is 2. The molecule has 20 heavy (non-hydrogen) atoms. The number of nitrogens with one attached hydrogen (secondary N) is 1. The van der Waals surface area contributed by atoms with Gasteiger partial charge in [0.2, 0.25) is 0 Å². The van der Waals surface area contributed by atoms with E-state index in [1.165, 1.54) is 12.3 Å². The average molecular weight is 340 g/mol. The highest BCUT2D eigenvalue weighted by molar-refractivity contribution is 9.10. The van der Waals surface area contributed by atoms with Gasteiger partial charge in [0.1, 0.15) is 11.6 Å². The number of nitrogens with two attached hydrogens (primary N) is 1. The maximum absolute atomic E-state index is 12.9. The Morgan fingerprint density at radius 2 is 2.20 bits per heavy atom. The van der Waals surface area contributed by atoms with Crippen molar-refractivity contribution in [2.75, 3.05) is 7.11 Å². The molecule has 2 rings (SSSR count). The van der Waals surface area contributed by atoms with Crippen LogP contribution in [0.1, 0.15) is 17.3 Å². The van der Waals surface area contributed by atoms with Crippen molar-refractivity contribution in [2.45, 2.75) is 12.5 Å². The summed E-state index contributed by atoms with van der Waals surface area (Å²) in [5.74, 6) is 5.99. The van der Waals surface area contributed by atoms with E-state index in [4.69, 9.17) is 10.6 Å². The number of nitrogens with zero attached hydrogens (tertiary/aromatic N) is 1. The van der Waals surface area contributed by atoms with Crippen molar-refractivity contribution in [1.29, 1.82) is 0 Å². The molecular weight excluding hydrogens is 325 g/mol. The molecule has 4 nitrogen and oxygen atoms in total. The van der Waals surface area contributed by atoms with E-state index in [1.54, 1.807) is 13.2 Å². The highest BCUT2D eigenvalue weighted by atomic mass is 79.9. The van der Waals surface area contributed by atoms with Gasteiger partial charge < -0.3 is 4.74 Å². The number of benzene rings is 1. The number of hydrogen-bond acceptors (Lipinski definition) is 4. The summed E-state index contributed by atoms with van der Waals surface area (Å²) in [5, 5.41) is 0. The number of halogens is 2. The maximum Gasteiger partial charge on any atom is 0.141 e. The number of rotatable bonds is 5. The first-order chi connectivity index (χ1) is 9.63. The third-order valence-electron chi connectivity index (χ3n) is 2.97. The minimum atomic E-state index is -0.371. The summed E-state index contributed by atoms with van der Waals surface area (Å²) in [5.41, 5.74) is 4.36. The van der Waals surface area contributed by atoms with E-state index in [0.29, 0.717) is 12.1 Å². The summed E-state index contributed by atoms with van der Waals surface area (Å²) in [6, 6.07) is 8.51. The Hall–Kier alpha value is -1.50. The van der Waals surface area contributed by atoms with Gasteiger partial charge in [0.25, 0.3) is 0 Å². The maximum atomic E-state index is 12.9. The van der Waals surface area contributed by atoms with Crippen LogP contribution in [0.5, 0.6) is 5.75 Å². The van der Waals surface area contributed by atoms with Gasteiger partial charge >= 0.3 is 0 Å². The van der Waals surface area contributed by atoms with Crippen LogP contribution in [0.2, 0.25) is 0 Å². The van der Waals surface area contributed by atoms with Crippen LogP contribution in [-0.4, -0.2) is 12.1 Å². The minimum absolute atomic E-state index is 0.223. The second kappa shape index (κ2) is 6.78. The first-order valence-electron chi connectivity index (χ1n) is 6.04. The van der Waals surface area contributed by atoms with E-state index in [9.17, 15) is 4.39 Å². The van der Waals surface area contributed by atoms with Crippen LogP contribution in [0.4, 0.5) is 4.39 Å². The van der Waals surface area contributed by atoms with Crippen molar-refractivity contribution in [3.8, 4) is 5.75 Å². The summed E-state index contributed by atoms with van der Waals surface area (Å²) in [7, 11) is 1.62. The van der Waals surface area contributed by atoms with Crippen LogP contribution in [0, 0.1) is 5.82 Å². The molecule has 1 unspecified atom stereocenters. The molecule has 0 bridgehead atoms. The zero-order chi connectivity index (χ0) is 14.5. The summed E-state index contributed by atoms with van der Waals surface area (Å²) in [6.45, 7) is 0. The van der Waals surface area contributed by atoms with Crippen LogP contribution in [0.25, 0.3) is 0 Å². The van der Waals surface area contributed by atoms with Gasteiger partial charge in [0, 0.05) is 4.47 Å². The van der Waals surface area contributed by atoms with Crippen molar-refractivity contribution in [1.82, 2.24) is 10.4 Å². The van der Waals surface area contributed by atoms with E-state index in [1.807, 2.05) is 18.2 Å². The predicted octanol–water partition coefficient (Wildman–Crippen LogP) is 2.74. The first-order valence-corrected chi connectivity index (χ1v) is 6.83. The van der Waals surface area contributed by atoms with Gasteiger partial charge in [-0.1, -0.05) is 15.9 Å². The SMILES string of the molecule is COc1ccc(Br)cc1CC(NN)c1ccc(F)cn1. The second-order valence-electron chi connectivity index (χ2n) is 4.28. The molecule has 0 radical (unpaired) electrons. The lowest BCUT2D eigenvalue weighted by atomic mass is 10.0. The standard InChI is InChI=1S/C14H15BrFN3O/c1-20-14-5-2-10(15)6-9(14)7-13(19-17)12-4-3-11(16)8-18-12/h2-6,8,13,19H,7,17H2,1H3. The summed E-state index contributed by atoms with van der Waals surface area (Å²) in [4.78, 5) is 4.05. The quantitative estimate of drug-likeness (QED) is 0.649. The van der Waals surface area contributed by atoms with Gasteiger partial charge in [-0.25, -0.2) is 4.39 Å². The molecule has 0 aliphatic heterocycles. The molecule has 0 fully saturated rings. The van der Waals surface area contributed by atoms with Gasteiger partial charge in [-0.05, 0) is 42.3 Å². The largest absolute Gasteiger partial charge is 0.496 e. The smallest absolute Gasteiger partial charge is 0.141 e. The number of methoxy groups -OCH3 is 1. The van der Waals surface area contributed by atoms with Crippen LogP contribution < -0.4 is 16.0 Å². The van der Waals surface area contributed by atoms with E-state index in [2.05, 4.69) is 26.3 Å². The fraction of sp³-hybridized carbons (Fsp3) is 0.214. The zero-order valence-corrected chi connectivity index (χ0v) is 12.5. The molecule has 0 saturated carbocycles. The molecule has 0 spiro atoms. The Morgan fingerprint density at radius 3 is 2.80 bits per heavy atom. The van der Waals surface area contributed by atoms with Gasteiger partial charge in [0.05, 0.1) is 25.0 Å².